The lowest BCUT2D eigenvalue weighted by atomic mass is 10.0. The molecule has 3 aromatic rings. The summed E-state index contributed by atoms with van der Waals surface area (Å²) in [5, 5.41) is 9.86. The molecule has 0 heterocycles. The molecule has 0 radical (unpaired) electrons. The van der Waals surface area contributed by atoms with Gasteiger partial charge in [0.15, 0.2) is 23.1 Å². The van der Waals surface area contributed by atoms with E-state index < -0.39 is 11.6 Å². The van der Waals surface area contributed by atoms with Gasteiger partial charge in [-0.3, -0.25) is 9.59 Å². The molecule has 1 N–H and O–H groups in total. The van der Waals surface area contributed by atoms with Crippen LogP contribution in [0.15, 0.2) is 84.5 Å². The molecule has 0 spiro atoms. The zero-order chi connectivity index (χ0) is 25.2. The van der Waals surface area contributed by atoms with Gasteiger partial charge in [-0.2, -0.15) is 0 Å². The zero-order valence-corrected chi connectivity index (χ0v) is 19.7. The molecule has 6 nitrogen and oxygen atoms in total. The number of ether oxygens (including phenoxy) is 3. The van der Waals surface area contributed by atoms with E-state index in [9.17, 15) is 14.7 Å². The number of carbonyl (C=O) groups is 2. The molecule has 0 amide bonds. The van der Waals surface area contributed by atoms with Crippen LogP contribution >= 0.6 is 0 Å². The molecule has 178 valence electrons. The van der Waals surface area contributed by atoms with Gasteiger partial charge < -0.3 is 19.3 Å². The fourth-order valence-corrected chi connectivity index (χ4v) is 3.17. The van der Waals surface area contributed by atoms with Crippen LogP contribution in [0.2, 0.25) is 0 Å². The Balaban J connectivity index is 1.91. The highest BCUT2D eigenvalue weighted by atomic mass is 16.5. The van der Waals surface area contributed by atoms with E-state index in [1.54, 1.807) is 62.8 Å². The Morgan fingerprint density at radius 2 is 1.11 bits per heavy atom. The number of phenols is 1. The van der Waals surface area contributed by atoms with Gasteiger partial charge in [-0.25, -0.2) is 0 Å². The van der Waals surface area contributed by atoms with Gasteiger partial charge in [0, 0.05) is 0 Å². The summed E-state index contributed by atoms with van der Waals surface area (Å²) in [7, 11) is 4.58. The number of methoxy groups -OCH3 is 3. The van der Waals surface area contributed by atoms with E-state index in [-0.39, 0.29) is 17.1 Å². The van der Waals surface area contributed by atoms with Crippen molar-refractivity contribution in [2.45, 2.75) is 0 Å². The SMILES string of the molecule is COc1ccc(/C=C/C(=O)C(=Cc2ccc(O)c(OC)c2)C(=O)/C=C/c2ccc(OC)cc2)cc1. The average molecular weight is 471 g/mol. The second-order valence-corrected chi connectivity index (χ2v) is 7.43. The number of rotatable bonds is 10. The number of aromatic hydroxyl groups is 1. The second kappa shape index (κ2) is 12.0. The predicted octanol–water partition coefficient (Wildman–Crippen LogP) is 5.37. The number of carbonyl (C=O) groups excluding carboxylic acids is 2. The standard InChI is InChI=1S/C29H26O6/c1-33-23-11-4-20(5-12-23)8-15-26(30)25(18-22-10-17-28(32)29(19-22)35-3)27(31)16-9-21-6-13-24(34-2)14-7-21/h4-19,32H,1-3H3/b15-8+,16-9+. The number of hydrogen-bond donors (Lipinski definition) is 1. The summed E-state index contributed by atoms with van der Waals surface area (Å²) < 4.78 is 15.4. The van der Waals surface area contributed by atoms with Crippen LogP contribution in [-0.4, -0.2) is 38.0 Å². The highest BCUT2D eigenvalue weighted by molar-refractivity contribution is 6.31. The first kappa shape index (κ1) is 25.1. The van der Waals surface area contributed by atoms with Crippen LogP contribution in [0.5, 0.6) is 23.0 Å². The molecule has 0 aliphatic carbocycles. The van der Waals surface area contributed by atoms with Crippen LogP contribution in [0, 0.1) is 0 Å². The molecule has 0 aliphatic heterocycles. The molecule has 0 saturated heterocycles. The average Bonchev–Trinajstić information content (AvgIpc) is 2.90. The van der Waals surface area contributed by atoms with Gasteiger partial charge in [0.1, 0.15) is 11.5 Å². The van der Waals surface area contributed by atoms with Crippen LogP contribution in [0.3, 0.4) is 0 Å². The molecule has 6 heteroatoms. The Bertz CT molecular complexity index is 1190. The Kier molecular flexibility index (Phi) is 8.62. The molecule has 0 aromatic heterocycles. The lowest BCUT2D eigenvalue weighted by molar-refractivity contribution is -0.116. The predicted molar refractivity (Wildman–Crippen MR) is 137 cm³/mol. The van der Waals surface area contributed by atoms with E-state index >= 15 is 0 Å². The van der Waals surface area contributed by atoms with E-state index in [0.29, 0.717) is 17.1 Å². The van der Waals surface area contributed by atoms with Crippen LogP contribution in [0.1, 0.15) is 16.7 Å². The van der Waals surface area contributed by atoms with Crippen molar-refractivity contribution in [2.24, 2.45) is 0 Å². The summed E-state index contributed by atoms with van der Waals surface area (Å²) in [4.78, 5) is 26.1. The Hall–Kier alpha value is -4.58. The molecule has 0 aliphatic rings. The third-order valence-corrected chi connectivity index (χ3v) is 5.13. The first-order valence-electron chi connectivity index (χ1n) is 10.7. The molecule has 0 bridgehead atoms. The molecule has 0 fully saturated rings. The van der Waals surface area contributed by atoms with Crippen molar-refractivity contribution in [1.82, 2.24) is 0 Å². The number of hydrogen-bond acceptors (Lipinski definition) is 6. The minimum atomic E-state index is -0.461. The van der Waals surface area contributed by atoms with Gasteiger partial charge in [-0.05, 0) is 71.3 Å². The Morgan fingerprint density at radius 3 is 1.54 bits per heavy atom. The summed E-state index contributed by atoms with van der Waals surface area (Å²) in [5.41, 5.74) is 2.07. The summed E-state index contributed by atoms with van der Waals surface area (Å²) in [6.45, 7) is 0. The fraction of sp³-hybridized carbons (Fsp3) is 0.103. The van der Waals surface area contributed by atoms with Crippen molar-refractivity contribution in [3.63, 3.8) is 0 Å². The van der Waals surface area contributed by atoms with Crippen molar-refractivity contribution in [3.8, 4) is 23.0 Å². The van der Waals surface area contributed by atoms with Crippen LogP contribution < -0.4 is 14.2 Å². The van der Waals surface area contributed by atoms with Crippen molar-refractivity contribution in [2.75, 3.05) is 21.3 Å². The van der Waals surface area contributed by atoms with Crippen LogP contribution in [-0.2, 0) is 9.59 Å². The lowest BCUT2D eigenvalue weighted by Crippen LogP contribution is -2.08. The number of benzene rings is 3. The van der Waals surface area contributed by atoms with Crippen molar-refractivity contribution in [3.05, 3.63) is 101 Å². The van der Waals surface area contributed by atoms with Gasteiger partial charge in [-0.1, -0.05) is 42.5 Å². The molecule has 35 heavy (non-hydrogen) atoms. The van der Waals surface area contributed by atoms with E-state index in [0.717, 1.165) is 11.1 Å². The number of phenolic OH excluding ortho intramolecular Hbond substituents is 1. The van der Waals surface area contributed by atoms with E-state index in [1.807, 2.05) is 24.3 Å². The topological polar surface area (TPSA) is 82.1 Å². The molecule has 0 saturated carbocycles. The normalized spacial score (nSPS) is 10.8. The first-order valence-corrected chi connectivity index (χ1v) is 10.7. The third kappa shape index (κ3) is 6.95. The van der Waals surface area contributed by atoms with Crippen molar-refractivity contribution >= 4 is 29.8 Å². The van der Waals surface area contributed by atoms with E-state index in [4.69, 9.17) is 14.2 Å². The minimum Gasteiger partial charge on any atom is -0.504 e. The maximum atomic E-state index is 13.1. The quantitative estimate of drug-likeness (QED) is 0.244. The molecular formula is C29H26O6. The van der Waals surface area contributed by atoms with E-state index in [2.05, 4.69) is 0 Å². The summed E-state index contributed by atoms with van der Waals surface area (Å²) in [5.74, 6) is 0.682. The molecule has 3 aromatic carbocycles. The fourth-order valence-electron chi connectivity index (χ4n) is 3.17. The monoisotopic (exact) mass is 470 g/mol. The highest BCUT2D eigenvalue weighted by Crippen LogP contribution is 2.27. The molecule has 0 unspecified atom stereocenters. The molecular weight excluding hydrogens is 444 g/mol. The molecule has 0 atom stereocenters. The highest BCUT2D eigenvalue weighted by Gasteiger charge is 2.15. The summed E-state index contributed by atoms with van der Waals surface area (Å²) in [6, 6.07) is 19.0. The van der Waals surface area contributed by atoms with Gasteiger partial charge in [0.2, 0.25) is 0 Å². The Morgan fingerprint density at radius 1 is 0.657 bits per heavy atom. The number of allylic oxidation sites excluding steroid dienone is 3. The van der Waals surface area contributed by atoms with Gasteiger partial charge in [-0.15, -0.1) is 0 Å². The van der Waals surface area contributed by atoms with Gasteiger partial charge >= 0.3 is 0 Å². The van der Waals surface area contributed by atoms with Crippen molar-refractivity contribution < 1.29 is 28.9 Å². The maximum absolute atomic E-state index is 13.1. The first-order chi connectivity index (χ1) is 16.9. The van der Waals surface area contributed by atoms with Gasteiger partial charge in [0.25, 0.3) is 0 Å². The second-order valence-electron chi connectivity index (χ2n) is 7.43. The van der Waals surface area contributed by atoms with Gasteiger partial charge in [0.05, 0.1) is 26.9 Å². The van der Waals surface area contributed by atoms with Crippen LogP contribution in [0.4, 0.5) is 0 Å². The summed E-state index contributed by atoms with van der Waals surface area (Å²) >= 11 is 0. The number of ketones is 2. The lowest BCUT2D eigenvalue weighted by Gasteiger charge is -2.06. The summed E-state index contributed by atoms with van der Waals surface area (Å²) in [6.07, 6.45) is 7.44. The zero-order valence-electron chi connectivity index (χ0n) is 19.7. The molecule has 3 rings (SSSR count). The third-order valence-electron chi connectivity index (χ3n) is 5.13. The smallest absolute Gasteiger partial charge is 0.189 e. The van der Waals surface area contributed by atoms with E-state index in [1.165, 1.54) is 31.4 Å². The maximum Gasteiger partial charge on any atom is 0.189 e. The largest absolute Gasteiger partial charge is 0.504 e. The van der Waals surface area contributed by atoms with Crippen molar-refractivity contribution in [1.29, 1.82) is 0 Å². The Labute approximate surface area is 204 Å². The van der Waals surface area contributed by atoms with Crippen LogP contribution in [0.25, 0.3) is 18.2 Å². The minimum absolute atomic E-state index is 0.0349.